The smallest absolute Gasteiger partial charge is 0.317 e. The first-order chi connectivity index (χ1) is 10.2. The molecule has 0 aromatic heterocycles. The van der Waals surface area contributed by atoms with E-state index in [1.165, 1.54) is 0 Å². The van der Waals surface area contributed by atoms with Crippen molar-refractivity contribution in [1.29, 1.82) is 0 Å². The summed E-state index contributed by atoms with van der Waals surface area (Å²) in [4.78, 5) is 13.8. The van der Waals surface area contributed by atoms with Crippen LogP contribution in [0.1, 0.15) is 24.0 Å². The number of aryl methyl sites for hydroxylation is 1. The van der Waals surface area contributed by atoms with Gasteiger partial charge in [-0.15, -0.1) is 0 Å². The highest BCUT2D eigenvalue weighted by Crippen LogP contribution is 2.26. The lowest BCUT2D eigenvalue weighted by molar-refractivity contribution is 0.174. The van der Waals surface area contributed by atoms with Gasteiger partial charge in [0.2, 0.25) is 0 Å². The first kappa shape index (κ1) is 15.6. The maximum Gasteiger partial charge on any atom is 0.317 e. The molecule has 0 radical (unpaired) electrons. The highest BCUT2D eigenvalue weighted by atomic mass is 16.5. The Morgan fingerprint density at radius 1 is 1.48 bits per heavy atom. The molecule has 21 heavy (non-hydrogen) atoms. The Morgan fingerprint density at radius 2 is 2.24 bits per heavy atom. The molecule has 1 aliphatic carbocycles. The van der Waals surface area contributed by atoms with E-state index < -0.39 is 0 Å². The zero-order valence-corrected chi connectivity index (χ0v) is 12.8. The minimum Gasteiger partial charge on any atom is -0.496 e. The van der Waals surface area contributed by atoms with Gasteiger partial charge in [-0.1, -0.05) is 12.1 Å². The first-order valence-corrected chi connectivity index (χ1v) is 7.44. The number of methoxy groups -OCH3 is 1. The third-order valence-corrected chi connectivity index (χ3v) is 3.75. The van der Waals surface area contributed by atoms with E-state index >= 15 is 0 Å². The summed E-state index contributed by atoms with van der Waals surface area (Å²) in [6.07, 6.45) is 2.85. The minimum absolute atomic E-state index is 0.0130. The van der Waals surface area contributed by atoms with Gasteiger partial charge in [-0.25, -0.2) is 4.79 Å². The molecule has 0 atom stereocenters. The van der Waals surface area contributed by atoms with Crippen LogP contribution in [0.5, 0.6) is 5.75 Å². The Morgan fingerprint density at radius 3 is 2.86 bits per heavy atom. The zero-order valence-electron chi connectivity index (χ0n) is 12.8. The molecule has 2 amide bonds. The van der Waals surface area contributed by atoms with Gasteiger partial charge in [0.05, 0.1) is 13.7 Å². The van der Waals surface area contributed by atoms with E-state index in [1.807, 2.05) is 19.1 Å². The first-order valence-electron chi connectivity index (χ1n) is 7.44. The number of nitrogens with zero attached hydrogens (tertiary/aromatic N) is 1. The summed E-state index contributed by atoms with van der Waals surface area (Å²) in [5, 5.41) is 11.9. The van der Waals surface area contributed by atoms with E-state index in [2.05, 4.69) is 11.4 Å². The largest absolute Gasteiger partial charge is 0.496 e. The third kappa shape index (κ3) is 4.36. The minimum atomic E-state index is -0.0781. The third-order valence-electron chi connectivity index (χ3n) is 3.75. The second kappa shape index (κ2) is 7.31. The molecule has 116 valence electrons. The molecular weight excluding hydrogens is 268 g/mol. The molecule has 5 nitrogen and oxygen atoms in total. The molecule has 5 heteroatoms. The summed E-state index contributed by atoms with van der Waals surface area (Å²) < 4.78 is 5.30. The topological polar surface area (TPSA) is 61.8 Å². The molecule has 1 fully saturated rings. The van der Waals surface area contributed by atoms with Crippen LogP contribution in [0, 0.1) is 6.92 Å². The second-order valence-electron chi connectivity index (χ2n) is 5.43. The standard InChI is InChI=1S/C16H24N2O3/c1-12-3-4-13(11-15(12)21-2)7-8-17-16(20)18(9-10-19)14-5-6-14/h3-4,11,14,19H,5-10H2,1-2H3,(H,17,20). The van der Waals surface area contributed by atoms with Crippen LogP contribution in [-0.2, 0) is 6.42 Å². The molecule has 1 saturated carbocycles. The van der Waals surface area contributed by atoms with Gasteiger partial charge in [-0.05, 0) is 43.4 Å². The lowest BCUT2D eigenvalue weighted by Crippen LogP contribution is -2.43. The van der Waals surface area contributed by atoms with Gasteiger partial charge >= 0.3 is 6.03 Å². The van der Waals surface area contributed by atoms with Crippen molar-refractivity contribution >= 4 is 6.03 Å². The van der Waals surface area contributed by atoms with Crippen LogP contribution in [0.2, 0.25) is 0 Å². The highest BCUT2D eigenvalue weighted by molar-refractivity contribution is 5.74. The molecule has 2 rings (SSSR count). The maximum absolute atomic E-state index is 12.1. The molecule has 0 aliphatic heterocycles. The quantitative estimate of drug-likeness (QED) is 0.804. The van der Waals surface area contributed by atoms with Crippen molar-refractivity contribution in [1.82, 2.24) is 10.2 Å². The van der Waals surface area contributed by atoms with Gasteiger partial charge in [-0.3, -0.25) is 0 Å². The van der Waals surface area contributed by atoms with Crippen LogP contribution in [-0.4, -0.2) is 48.9 Å². The van der Waals surface area contributed by atoms with E-state index in [4.69, 9.17) is 9.84 Å². The van der Waals surface area contributed by atoms with Gasteiger partial charge in [-0.2, -0.15) is 0 Å². The van der Waals surface area contributed by atoms with E-state index in [9.17, 15) is 4.79 Å². The number of ether oxygens (including phenoxy) is 1. The molecule has 0 bridgehead atoms. The number of hydrogen-bond donors (Lipinski definition) is 2. The second-order valence-corrected chi connectivity index (χ2v) is 5.43. The Bertz CT molecular complexity index is 486. The fraction of sp³-hybridized carbons (Fsp3) is 0.562. The Hall–Kier alpha value is -1.75. The Labute approximate surface area is 125 Å². The van der Waals surface area contributed by atoms with Crippen molar-refractivity contribution in [2.45, 2.75) is 32.2 Å². The predicted molar refractivity (Wildman–Crippen MR) is 81.6 cm³/mol. The summed E-state index contributed by atoms with van der Waals surface area (Å²) in [5.41, 5.74) is 2.24. The van der Waals surface area contributed by atoms with Crippen molar-refractivity contribution < 1.29 is 14.6 Å². The van der Waals surface area contributed by atoms with Crippen LogP contribution < -0.4 is 10.1 Å². The number of benzene rings is 1. The van der Waals surface area contributed by atoms with Gasteiger partial charge in [0, 0.05) is 19.1 Å². The van der Waals surface area contributed by atoms with Gasteiger partial charge in [0.25, 0.3) is 0 Å². The van der Waals surface area contributed by atoms with Crippen molar-refractivity contribution in [2.75, 3.05) is 26.8 Å². The Kier molecular flexibility index (Phi) is 5.44. The number of amides is 2. The number of aliphatic hydroxyl groups is 1. The van der Waals surface area contributed by atoms with E-state index in [-0.39, 0.29) is 12.6 Å². The van der Waals surface area contributed by atoms with Crippen molar-refractivity contribution in [2.24, 2.45) is 0 Å². The monoisotopic (exact) mass is 292 g/mol. The number of carbonyl (C=O) groups excluding carboxylic acids is 1. The molecule has 0 heterocycles. The number of rotatable bonds is 7. The summed E-state index contributed by atoms with van der Waals surface area (Å²) in [6, 6.07) is 6.32. The SMILES string of the molecule is COc1cc(CCNC(=O)N(CCO)C2CC2)ccc1C. The lowest BCUT2D eigenvalue weighted by atomic mass is 10.1. The summed E-state index contributed by atoms with van der Waals surface area (Å²) in [5.74, 6) is 0.874. The fourth-order valence-electron chi connectivity index (χ4n) is 2.38. The number of carbonyl (C=O) groups is 1. The van der Waals surface area contributed by atoms with Crippen molar-refractivity contribution in [3.8, 4) is 5.75 Å². The number of urea groups is 1. The normalized spacial score (nSPS) is 13.9. The lowest BCUT2D eigenvalue weighted by Gasteiger charge is -2.21. The molecule has 2 N–H and O–H groups in total. The number of aliphatic hydroxyl groups excluding tert-OH is 1. The molecule has 1 aliphatic rings. The molecule has 0 saturated heterocycles. The maximum atomic E-state index is 12.1. The zero-order chi connectivity index (χ0) is 15.2. The van der Waals surface area contributed by atoms with E-state index in [0.29, 0.717) is 19.1 Å². The number of nitrogens with one attached hydrogen (secondary N) is 1. The van der Waals surface area contributed by atoms with Crippen LogP contribution in [0.4, 0.5) is 4.79 Å². The van der Waals surface area contributed by atoms with Gasteiger partial charge in [0.15, 0.2) is 0 Å². The summed E-state index contributed by atoms with van der Waals surface area (Å²) in [6.45, 7) is 3.01. The molecule has 0 unspecified atom stereocenters. The molecule has 1 aromatic carbocycles. The van der Waals surface area contributed by atoms with Gasteiger partial charge in [0.1, 0.15) is 5.75 Å². The van der Waals surface area contributed by atoms with E-state index in [1.54, 1.807) is 12.0 Å². The van der Waals surface area contributed by atoms with Crippen molar-refractivity contribution in [3.63, 3.8) is 0 Å². The Balaban J connectivity index is 1.81. The number of hydrogen-bond acceptors (Lipinski definition) is 3. The van der Waals surface area contributed by atoms with Crippen molar-refractivity contribution in [3.05, 3.63) is 29.3 Å². The average molecular weight is 292 g/mol. The predicted octanol–water partition coefficient (Wildman–Crippen LogP) is 1.71. The van der Waals surface area contributed by atoms with Crippen LogP contribution in [0.15, 0.2) is 18.2 Å². The molecule has 1 aromatic rings. The van der Waals surface area contributed by atoms with Gasteiger partial charge < -0.3 is 20.1 Å². The van der Waals surface area contributed by atoms with Crippen LogP contribution in [0.25, 0.3) is 0 Å². The van der Waals surface area contributed by atoms with E-state index in [0.717, 1.165) is 36.1 Å². The summed E-state index contributed by atoms with van der Waals surface area (Å²) >= 11 is 0. The fourth-order valence-corrected chi connectivity index (χ4v) is 2.38. The van der Waals surface area contributed by atoms with Crippen LogP contribution in [0.3, 0.4) is 0 Å². The highest BCUT2D eigenvalue weighted by Gasteiger charge is 2.31. The van der Waals surface area contributed by atoms with Crippen LogP contribution >= 0.6 is 0 Å². The molecule has 0 spiro atoms. The average Bonchev–Trinajstić information content (AvgIpc) is 3.31. The molecular formula is C16H24N2O3. The summed E-state index contributed by atoms with van der Waals surface area (Å²) in [7, 11) is 1.66.